The Labute approximate surface area is 102 Å². The van der Waals surface area contributed by atoms with Gasteiger partial charge in [0.2, 0.25) is 5.28 Å². The molecular weight excluding hydrogens is 253 g/mol. The lowest BCUT2D eigenvalue weighted by atomic mass is 10.2. The molecule has 1 aliphatic heterocycles. The second kappa shape index (κ2) is 4.43. The maximum absolute atomic E-state index is 11.5. The number of nitrogens with zero attached hydrogens (tertiary/aromatic N) is 3. The number of aromatic nitrogens is 2. The van der Waals surface area contributed by atoms with Gasteiger partial charge in [-0.2, -0.15) is 0 Å². The fourth-order valence-corrected chi connectivity index (χ4v) is 1.83. The highest BCUT2D eigenvalue weighted by Gasteiger charge is 2.37. The van der Waals surface area contributed by atoms with Crippen LogP contribution in [-0.2, 0) is 4.74 Å². The molecular formula is C9H9Cl2N3O2. The number of amides is 1. The van der Waals surface area contributed by atoms with Crippen molar-refractivity contribution in [3.05, 3.63) is 17.5 Å². The average Bonchev–Trinajstić information content (AvgIpc) is 2.60. The van der Waals surface area contributed by atoms with Gasteiger partial charge in [-0.15, -0.1) is 11.6 Å². The summed E-state index contributed by atoms with van der Waals surface area (Å²) in [6.45, 7) is 2.05. The molecule has 0 aromatic carbocycles. The number of carbonyl (C=O) groups excluding carboxylic acids is 1. The number of hydrogen-bond acceptors (Lipinski definition) is 4. The number of halogens is 2. The number of ether oxygens (including phenoxy) is 1. The Morgan fingerprint density at radius 2 is 2.44 bits per heavy atom. The molecule has 7 heteroatoms. The third-order valence-electron chi connectivity index (χ3n) is 2.29. The molecule has 5 nitrogen and oxygen atoms in total. The molecule has 1 saturated heterocycles. The lowest BCUT2D eigenvalue weighted by molar-refractivity contribution is 0.178. The Morgan fingerprint density at radius 3 is 3.06 bits per heavy atom. The van der Waals surface area contributed by atoms with E-state index in [-0.39, 0.29) is 23.3 Å². The molecule has 86 valence electrons. The van der Waals surface area contributed by atoms with E-state index in [4.69, 9.17) is 27.9 Å². The molecule has 0 aliphatic carbocycles. The van der Waals surface area contributed by atoms with Crippen LogP contribution < -0.4 is 4.90 Å². The summed E-state index contributed by atoms with van der Waals surface area (Å²) < 4.78 is 4.93. The van der Waals surface area contributed by atoms with Gasteiger partial charge in [0, 0.05) is 6.20 Å². The minimum absolute atomic E-state index is 0.0816. The van der Waals surface area contributed by atoms with Gasteiger partial charge < -0.3 is 4.74 Å². The van der Waals surface area contributed by atoms with Crippen LogP contribution in [0.25, 0.3) is 0 Å². The predicted molar refractivity (Wildman–Crippen MR) is 60.0 cm³/mol. The van der Waals surface area contributed by atoms with Crippen molar-refractivity contribution < 1.29 is 9.53 Å². The molecule has 0 saturated carbocycles. The molecule has 0 spiro atoms. The van der Waals surface area contributed by atoms with Crippen LogP contribution in [0.3, 0.4) is 0 Å². The minimum atomic E-state index is -0.465. The molecule has 1 fully saturated rings. The van der Waals surface area contributed by atoms with E-state index in [2.05, 4.69) is 9.97 Å². The van der Waals surface area contributed by atoms with E-state index in [1.54, 1.807) is 13.0 Å². The zero-order valence-electron chi connectivity index (χ0n) is 8.43. The highest BCUT2D eigenvalue weighted by atomic mass is 35.5. The second-order valence-electron chi connectivity index (χ2n) is 3.38. The molecule has 0 bridgehead atoms. The molecule has 2 heterocycles. The van der Waals surface area contributed by atoms with Gasteiger partial charge in [-0.1, -0.05) is 0 Å². The van der Waals surface area contributed by atoms with Crippen molar-refractivity contribution in [3.63, 3.8) is 0 Å². The summed E-state index contributed by atoms with van der Waals surface area (Å²) in [6.07, 6.45) is 1.01. The first-order chi connectivity index (χ1) is 7.59. The van der Waals surface area contributed by atoms with Crippen molar-refractivity contribution >= 4 is 35.1 Å². The fraction of sp³-hybridized carbons (Fsp3) is 0.444. The van der Waals surface area contributed by atoms with Crippen LogP contribution in [0.1, 0.15) is 6.92 Å². The molecule has 16 heavy (non-hydrogen) atoms. The molecule has 1 amide bonds. The molecule has 1 aliphatic rings. The maximum Gasteiger partial charge on any atom is 0.415 e. The molecule has 2 atom stereocenters. The standard InChI is InChI=1S/C9H9Cl2N3O2/c1-5(10)6-4-16-9(15)14(6)7-2-3-12-8(11)13-7/h2-3,5-6H,4H2,1H3/t5-,6+/m0/s1. The number of cyclic esters (lactones) is 1. The summed E-state index contributed by atoms with van der Waals surface area (Å²) in [7, 11) is 0. The smallest absolute Gasteiger partial charge is 0.415 e. The molecule has 1 aromatic heterocycles. The highest BCUT2D eigenvalue weighted by Crippen LogP contribution is 2.25. The quantitative estimate of drug-likeness (QED) is 0.604. The highest BCUT2D eigenvalue weighted by molar-refractivity contribution is 6.28. The fourth-order valence-electron chi connectivity index (χ4n) is 1.50. The van der Waals surface area contributed by atoms with Crippen LogP contribution in [0.15, 0.2) is 12.3 Å². The predicted octanol–water partition coefficient (Wildman–Crippen LogP) is 2.08. The largest absolute Gasteiger partial charge is 0.447 e. The first-order valence-corrected chi connectivity index (χ1v) is 5.49. The summed E-state index contributed by atoms with van der Waals surface area (Å²) in [5.41, 5.74) is 0. The molecule has 1 aromatic rings. The number of carbonyl (C=O) groups is 1. The third kappa shape index (κ3) is 2.05. The number of anilines is 1. The topological polar surface area (TPSA) is 55.3 Å². The summed E-state index contributed by atoms with van der Waals surface area (Å²) in [5, 5.41) is -0.154. The SMILES string of the molecule is C[C@H](Cl)[C@H]1COC(=O)N1c1ccnc(Cl)n1. The Kier molecular flexibility index (Phi) is 3.16. The van der Waals surface area contributed by atoms with Crippen LogP contribution in [0, 0.1) is 0 Å². The van der Waals surface area contributed by atoms with Crippen molar-refractivity contribution in [2.45, 2.75) is 18.3 Å². The number of hydrogen-bond donors (Lipinski definition) is 0. The van der Waals surface area contributed by atoms with Gasteiger partial charge in [-0.05, 0) is 24.6 Å². The Hall–Kier alpha value is -1.07. The summed E-state index contributed by atoms with van der Waals surface area (Å²) in [4.78, 5) is 20.6. The van der Waals surface area contributed by atoms with E-state index in [1.807, 2.05) is 0 Å². The first-order valence-electron chi connectivity index (χ1n) is 4.68. The van der Waals surface area contributed by atoms with Crippen LogP contribution in [0.2, 0.25) is 5.28 Å². The van der Waals surface area contributed by atoms with E-state index in [0.29, 0.717) is 5.82 Å². The summed E-state index contributed by atoms with van der Waals surface area (Å²) >= 11 is 11.6. The monoisotopic (exact) mass is 261 g/mol. The van der Waals surface area contributed by atoms with E-state index >= 15 is 0 Å². The van der Waals surface area contributed by atoms with Gasteiger partial charge in [-0.3, -0.25) is 4.90 Å². The zero-order valence-corrected chi connectivity index (χ0v) is 9.94. The van der Waals surface area contributed by atoms with Gasteiger partial charge in [-0.25, -0.2) is 14.8 Å². The van der Waals surface area contributed by atoms with Crippen LogP contribution >= 0.6 is 23.2 Å². The van der Waals surface area contributed by atoms with Crippen LogP contribution in [-0.4, -0.2) is 34.1 Å². The van der Waals surface area contributed by atoms with E-state index in [1.165, 1.54) is 11.1 Å². The van der Waals surface area contributed by atoms with Gasteiger partial charge >= 0.3 is 6.09 Å². The number of rotatable bonds is 2. The van der Waals surface area contributed by atoms with Crippen molar-refractivity contribution in [2.24, 2.45) is 0 Å². The van der Waals surface area contributed by atoms with Crippen molar-refractivity contribution in [3.8, 4) is 0 Å². The molecule has 0 radical (unpaired) electrons. The van der Waals surface area contributed by atoms with Crippen LogP contribution in [0.5, 0.6) is 0 Å². The lowest BCUT2D eigenvalue weighted by Crippen LogP contribution is -2.39. The van der Waals surface area contributed by atoms with Gasteiger partial charge in [0.25, 0.3) is 0 Å². The van der Waals surface area contributed by atoms with Crippen molar-refractivity contribution in [1.82, 2.24) is 9.97 Å². The average molecular weight is 262 g/mol. The van der Waals surface area contributed by atoms with Crippen molar-refractivity contribution in [2.75, 3.05) is 11.5 Å². The number of alkyl halides is 1. The first kappa shape index (κ1) is 11.4. The van der Waals surface area contributed by atoms with Gasteiger partial charge in [0.05, 0.1) is 11.4 Å². The van der Waals surface area contributed by atoms with Crippen molar-refractivity contribution in [1.29, 1.82) is 0 Å². The third-order valence-corrected chi connectivity index (χ3v) is 2.77. The normalized spacial score (nSPS) is 22.1. The Bertz CT molecular complexity index is 413. The molecule has 0 unspecified atom stereocenters. The van der Waals surface area contributed by atoms with Gasteiger partial charge in [0.1, 0.15) is 12.4 Å². The Balaban J connectivity index is 2.33. The molecule has 2 rings (SSSR count). The lowest BCUT2D eigenvalue weighted by Gasteiger charge is -2.21. The van der Waals surface area contributed by atoms with E-state index < -0.39 is 6.09 Å². The summed E-state index contributed by atoms with van der Waals surface area (Å²) in [5.74, 6) is 0.403. The van der Waals surface area contributed by atoms with E-state index in [0.717, 1.165) is 0 Å². The zero-order chi connectivity index (χ0) is 11.7. The maximum atomic E-state index is 11.5. The second-order valence-corrected chi connectivity index (χ2v) is 4.40. The minimum Gasteiger partial charge on any atom is -0.447 e. The Morgan fingerprint density at radius 1 is 1.69 bits per heavy atom. The summed E-state index contributed by atoms with van der Waals surface area (Å²) in [6, 6.07) is 1.35. The molecule has 0 N–H and O–H groups in total. The van der Waals surface area contributed by atoms with Gasteiger partial charge in [0.15, 0.2) is 0 Å². The van der Waals surface area contributed by atoms with E-state index in [9.17, 15) is 4.79 Å². The van der Waals surface area contributed by atoms with Crippen LogP contribution in [0.4, 0.5) is 10.6 Å².